The molecule has 0 aromatic carbocycles. The zero-order valence-electron chi connectivity index (χ0n) is 15.6. The van der Waals surface area contributed by atoms with E-state index in [2.05, 4.69) is 25.6 Å². The van der Waals surface area contributed by atoms with Gasteiger partial charge in [-0.1, -0.05) is 0 Å². The van der Waals surface area contributed by atoms with Gasteiger partial charge >= 0.3 is 5.97 Å². The summed E-state index contributed by atoms with van der Waals surface area (Å²) in [5.74, 6) is 0.922. The van der Waals surface area contributed by atoms with Crippen molar-refractivity contribution in [2.45, 2.75) is 46.0 Å². The number of carbonyl (C=O) groups excluding carboxylic acids is 1. The molecule has 7 heteroatoms. The van der Waals surface area contributed by atoms with Gasteiger partial charge in [-0.3, -0.25) is 9.79 Å². The Morgan fingerprint density at radius 3 is 2.80 bits per heavy atom. The molecule has 1 N–H and O–H groups in total. The number of hydrogen-bond acceptors (Lipinski definition) is 5. The van der Waals surface area contributed by atoms with E-state index in [1.54, 1.807) is 11.3 Å². The standard InChI is InChI=1S/C18H30N4O2S/c1-4-24-17(23)15-8-11-22(12-9-15)18(19-3)20-10-6-5-7-16-21-14(2)13-25-16/h13,15H,4-12H2,1-3H3,(H,19,20). The smallest absolute Gasteiger partial charge is 0.309 e. The first-order chi connectivity index (χ1) is 12.1. The highest BCUT2D eigenvalue weighted by atomic mass is 32.1. The van der Waals surface area contributed by atoms with Crippen LogP contribution in [0.2, 0.25) is 0 Å². The van der Waals surface area contributed by atoms with Gasteiger partial charge in [0, 0.05) is 37.8 Å². The van der Waals surface area contributed by atoms with Crippen molar-refractivity contribution in [1.29, 1.82) is 0 Å². The lowest BCUT2D eigenvalue weighted by Crippen LogP contribution is -2.46. The van der Waals surface area contributed by atoms with E-state index >= 15 is 0 Å². The monoisotopic (exact) mass is 366 g/mol. The second-order valence-electron chi connectivity index (χ2n) is 6.33. The number of esters is 1. The minimum Gasteiger partial charge on any atom is -0.466 e. The fourth-order valence-corrected chi connectivity index (χ4v) is 3.86. The fraction of sp³-hybridized carbons (Fsp3) is 0.722. The molecule has 0 amide bonds. The van der Waals surface area contributed by atoms with Gasteiger partial charge in [0.25, 0.3) is 0 Å². The number of piperidine rings is 1. The molecule has 0 bridgehead atoms. The summed E-state index contributed by atoms with van der Waals surface area (Å²) in [4.78, 5) is 22.9. The Bertz CT molecular complexity index is 565. The summed E-state index contributed by atoms with van der Waals surface area (Å²) in [5.41, 5.74) is 1.12. The second-order valence-corrected chi connectivity index (χ2v) is 7.27. The number of unbranched alkanes of at least 4 members (excludes halogenated alkanes) is 1. The van der Waals surface area contributed by atoms with Crippen molar-refractivity contribution >= 4 is 23.3 Å². The molecule has 0 aliphatic carbocycles. The van der Waals surface area contributed by atoms with Crippen LogP contribution in [0.25, 0.3) is 0 Å². The van der Waals surface area contributed by atoms with Gasteiger partial charge in [0.05, 0.1) is 17.5 Å². The number of nitrogens with one attached hydrogen (secondary N) is 1. The van der Waals surface area contributed by atoms with Gasteiger partial charge in [0.15, 0.2) is 5.96 Å². The third-order valence-electron chi connectivity index (χ3n) is 4.39. The van der Waals surface area contributed by atoms with Crippen LogP contribution in [0.15, 0.2) is 10.4 Å². The molecule has 0 radical (unpaired) electrons. The largest absolute Gasteiger partial charge is 0.466 e. The van der Waals surface area contributed by atoms with Gasteiger partial charge in [-0.05, 0) is 46.0 Å². The number of ether oxygens (including phenoxy) is 1. The molecule has 1 fully saturated rings. The number of aryl methyl sites for hydroxylation is 2. The lowest BCUT2D eigenvalue weighted by atomic mass is 9.97. The highest BCUT2D eigenvalue weighted by molar-refractivity contribution is 7.09. The fourth-order valence-electron chi connectivity index (χ4n) is 3.04. The molecule has 1 aromatic heterocycles. The van der Waals surface area contributed by atoms with Crippen molar-refractivity contribution < 1.29 is 9.53 Å². The molecule has 1 saturated heterocycles. The summed E-state index contributed by atoms with van der Waals surface area (Å²) >= 11 is 1.75. The first kappa shape index (κ1) is 19.7. The Balaban J connectivity index is 1.64. The summed E-state index contributed by atoms with van der Waals surface area (Å²) in [6, 6.07) is 0. The zero-order chi connectivity index (χ0) is 18.1. The first-order valence-electron chi connectivity index (χ1n) is 9.17. The summed E-state index contributed by atoms with van der Waals surface area (Å²) in [6.45, 7) is 6.96. The van der Waals surface area contributed by atoms with E-state index < -0.39 is 0 Å². The van der Waals surface area contributed by atoms with Gasteiger partial charge in [-0.15, -0.1) is 11.3 Å². The van der Waals surface area contributed by atoms with Gasteiger partial charge < -0.3 is 15.0 Å². The van der Waals surface area contributed by atoms with E-state index in [1.165, 1.54) is 5.01 Å². The van der Waals surface area contributed by atoms with Gasteiger partial charge in [0.2, 0.25) is 0 Å². The summed E-state index contributed by atoms with van der Waals surface area (Å²) in [6.07, 6.45) is 4.94. The van der Waals surface area contributed by atoms with Crippen LogP contribution in [-0.4, -0.2) is 55.1 Å². The molecular formula is C18H30N4O2S. The van der Waals surface area contributed by atoms with E-state index in [4.69, 9.17) is 4.74 Å². The van der Waals surface area contributed by atoms with Crippen LogP contribution in [-0.2, 0) is 16.0 Å². The van der Waals surface area contributed by atoms with E-state index in [9.17, 15) is 4.79 Å². The molecule has 6 nitrogen and oxygen atoms in total. The maximum absolute atomic E-state index is 11.8. The molecule has 1 aliphatic rings. The van der Waals surface area contributed by atoms with Crippen LogP contribution in [0.3, 0.4) is 0 Å². The Labute approximate surface area is 154 Å². The number of aliphatic imine (C=N–C) groups is 1. The number of rotatable bonds is 7. The molecule has 1 aliphatic heterocycles. The zero-order valence-corrected chi connectivity index (χ0v) is 16.4. The lowest BCUT2D eigenvalue weighted by Gasteiger charge is -2.33. The minimum atomic E-state index is -0.0532. The number of guanidine groups is 1. The van der Waals surface area contributed by atoms with Crippen molar-refractivity contribution in [2.75, 3.05) is 33.3 Å². The van der Waals surface area contributed by atoms with Gasteiger partial charge in [0.1, 0.15) is 0 Å². The number of aromatic nitrogens is 1. The normalized spacial score (nSPS) is 16.1. The maximum Gasteiger partial charge on any atom is 0.309 e. The minimum absolute atomic E-state index is 0.0380. The van der Waals surface area contributed by atoms with E-state index in [1.807, 2.05) is 20.9 Å². The van der Waals surface area contributed by atoms with Crippen LogP contribution in [0.4, 0.5) is 0 Å². The molecule has 0 spiro atoms. The Hall–Kier alpha value is -1.63. The van der Waals surface area contributed by atoms with Crippen LogP contribution in [0, 0.1) is 12.8 Å². The molecular weight excluding hydrogens is 336 g/mol. The SMILES string of the molecule is CCOC(=O)C1CCN(C(=NC)NCCCCc2nc(C)cs2)CC1. The molecule has 140 valence electrons. The first-order valence-corrected chi connectivity index (χ1v) is 10.0. The quantitative estimate of drug-likeness (QED) is 0.348. The van der Waals surface area contributed by atoms with E-state index in [0.29, 0.717) is 6.61 Å². The van der Waals surface area contributed by atoms with Crippen molar-refractivity contribution in [2.24, 2.45) is 10.9 Å². The van der Waals surface area contributed by atoms with Crippen LogP contribution in [0.5, 0.6) is 0 Å². The molecule has 0 saturated carbocycles. The van der Waals surface area contributed by atoms with Crippen molar-refractivity contribution in [3.8, 4) is 0 Å². The number of nitrogens with zero attached hydrogens (tertiary/aromatic N) is 3. The van der Waals surface area contributed by atoms with E-state index in [-0.39, 0.29) is 11.9 Å². The topological polar surface area (TPSA) is 66.8 Å². The molecule has 2 rings (SSSR count). The van der Waals surface area contributed by atoms with Crippen LogP contribution >= 0.6 is 11.3 Å². The number of hydrogen-bond donors (Lipinski definition) is 1. The Morgan fingerprint density at radius 1 is 1.44 bits per heavy atom. The van der Waals surface area contributed by atoms with Gasteiger partial charge in [-0.25, -0.2) is 4.98 Å². The number of likely N-dealkylation sites (tertiary alicyclic amines) is 1. The second kappa shape index (κ2) is 10.4. The average molecular weight is 367 g/mol. The summed E-state index contributed by atoms with van der Waals surface area (Å²) in [7, 11) is 1.82. The molecule has 2 heterocycles. The third kappa shape index (κ3) is 6.30. The average Bonchev–Trinajstić information content (AvgIpc) is 3.04. The van der Waals surface area contributed by atoms with E-state index in [0.717, 1.165) is 63.4 Å². The van der Waals surface area contributed by atoms with Crippen LogP contribution < -0.4 is 5.32 Å². The summed E-state index contributed by atoms with van der Waals surface area (Å²) in [5, 5.41) is 6.77. The Morgan fingerprint density at radius 2 is 2.20 bits per heavy atom. The highest BCUT2D eigenvalue weighted by Gasteiger charge is 2.27. The lowest BCUT2D eigenvalue weighted by molar-refractivity contribution is -0.149. The predicted octanol–water partition coefficient (Wildman–Crippen LogP) is 2.62. The van der Waals surface area contributed by atoms with Gasteiger partial charge in [-0.2, -0.15) is 0 Å². The Kier molecular flexibility index (Phi) is 8.18. The van der Waals surface area contributed by atoms with Crippen LogP contribution in [0.1, 0.15) is 43.3 Å². The third-order valence-corrected chi connectivity index (χ3v) is 5.42. The van der Waals surface area contributed by atoms with Crippen molar-refractivity contribution in [1.82, 2.24) is 15.2 Å². The predicted molar refractivity (Wildman–Crippen MR) is 102 cm³/mol. The van der Waals surface area contributed by atoms with Crippen molar-refractivity contribution in [3.63, 3.8) is 0 Å². The summed E-state index contributed by atoms with van der Waals surface area (Å²) < 4.78 is 5.13. The molecule has 1 aromatic rings. The molecule has 25 heavy (non-hydrogen) atoms. The highest BCUT2D eigenvalue weighted by Crippen LogP contribution is 2.18. The number of carbonyl (C=O) groups is 1. The number of thiazole rings is 1. The molecule has 0 unspecified atom stereocenters. The van der Waals surface area contributed by atoms with Crippen molar-refractivity contribution in [3.05, 3.63) is 16.1 Å². The maximum atomic E-state index is 11.8. The molecule has 0 atom stereocenters.